The van der Waals surface area contributed by atoms with Gasteiger partial charge in [-0.15, -0.1) is 0 Å². The Morgan fingerprint density at radius 3 is 2.50 bits per heavy atom. The number of nitrogens with one attached hydrogen (secondary N) is 1. The summed E-state index contributed by atoms with van der Waals surface area (Å²) in [4.78, 5) is 24.2. The van der Waals surface area contributed by atoms with Gasteiger partial charge in [0, 0.05) is 17.6 Å². The van der Waals surface area contributed by atoms with Crippen LogP contribution >= 0.6 is 15.9 Å². The van der Waals surface area contributed by atoms with Gasteiger partial charge in [0.05, 0.1) is 17.5 Å². The van der Waals surface area contributed by atoms with Crippen LogP contribution in [0, 0.1) is 0 Å². The Bertz CT molecular complexity index is 953. The molecule has 6 heteroatoms. The van der Waals surface area contributed by atoms with Crippen molar-refractivity contribution < 1.29 is 4.79 Å². The van der Waals surface area contributed by atoms with Crippen molar-refractivity contribution in [2.75, 3.05) is 23.3 Å². The van der Waals surface area contributed by atoms with Crippen LogP contribution in [0.2, 0.25) is 0 Å². The van der Waals surface area contributed by atoms with Gasteiger partial charge in [-0.25, -0.2) is 9.97 Å². The van der Waals surface area contributed by atoms with Crippen molar-refractivity contribution in [3.8, 4) is 0 Å². The number of para-hydroxylation sites is 2. The number of aromatic nitrogens is 2. The van der Waals surface area contributed by atoms with Crippen LogP contribution in [-0.4, -0.2) is 29.0 Å². The Labute approximate surface area is 160 Å². The zero-order chi connectivity index (χ0) is 17.9. The van der Waals surface area contributed by atoms with Crippen molar-refractivity contribution in [1.82, 2.24) is 9.97 Å². The molecule has 0 bridgehead atoms. The van der Waals surface area contributed by atoms with Crippen molar-refractivity contribution in [3.05, 3.63) is 58.6 Å². The van der Waals surface area contributed by atoms with Crippen molar-refractivity contribution in [3.63, 3.8) is 0 Å². The zero-order valence-electron chi connectivity index (χ0n) is 14.3. The number of rotatable bonds is 4. The van der Waals surface area contributed by atoms with E-state index in [0.717, 1.165) is 52.8 Å². The Morgan fingerprint density at radius 2 is 1.77 bits per heavy atom. The standard InChI is InChI=1S/C20H19BrN4O/c21-15-7-5-6-14(12-15)13-18(26)24-19-20(25-10-3-4-11-25)23-17-9-2-1-8-16(17)22-19/h1-2,5-9,12H,3-4,10-11,13H2,(H,22,24,26). The van der Waals surface area contributed by atoms with Gasteiger partial charge in [0.1, 0.15) is 0 Å². The number of amides is 1. The van der Waals surface area contributed by atoms with Crippen molar-refractivity contribution in [2.24, 2.45) is 0 Å². The minimum atomic E-state index is -0.0897. The lowest BCUT2D eigenvalue weighted by atomic mass is 10.1. The van der Waals surface area contributed by atoms with Gasteiger partial charge in [-0.2, -0.15) is 0 Å². The molecule has 5 nitrogen and oxygen atoms in total. The van der Waals surface area contributed by atoms with Gasteiger partial charge in [-0.1, -0.05) is 40.2 Å². The first-order valence-corrected chi connectivity index (χ1v) is 9.54. The molecule has 132 valence electrons. The minimum Gasteiger partial charge on any atom is -0.354 e. The van der Waals surface area contributed by atoms with Crippen molar-refractivity contribution >= 4 is 44.5 Å². The van der Waals surface area contributed by atoms with Crippen LogP contribution in [0.5, 0.6) is 0 Å². The lowest BCUT2D eigenvalue weighted by molar-refractivity contribution is -0.115. The Balaban J connectivity index is 1.63. The molecular weight excluding hydrogens is 392 g/mol. The van der Waals surface area contributed by atoms with E-state index in [4.69, 9.17) is 4.98 Å². The summed E-state index contributed by atoms with van der Waals surface area (Å²) in [5.74, 6) is 1.22. The van der Waals surface area contributed by atoms with Crippen LogP contribution in [-0.2, 0) is 11.2 Å². The number of carbonyl (C=O) groups is 1. The molecule has 1 fully saturated rings. The largest absolute Gasteiger partial charge is 0.354 e. The van der Waals surface area contributed by atoms with E-state index in [1.165, 1.54) is 0 Å². The number of nitrogens with zero attached hydrogens (tertiary/aromatic N) is 3. The van der Waals surface area contributed by atoms with E-state index in [9.17, 15) is 4.79 Å². The van der Waals surface area contributed by atoms with Crippen LogP contribution in [0.3, 0.4) is 0 Å². The maximum Gasteiger partial charge on any atom is 0.230 e. The molecule has 3 aromatic rings. The average Bonchev–Trinajstić information content (AvgIpc) is 3.15. The van der Waals surface area contributed by atoms with Gasteiger partial charge in [-0.05, 0) is 42.7 Å². The summed E-state index contributed by atoms with van der Waals surface area (Å²) in [6.07, 6.45) is 2.58. The summed E-state index contributed by atoms with van der Waals surface area (Å²) in [6.45, 7) is 1.89. The van der Waals surface area contributed by atoms with E-state index in [2.05, 4.69) is 31.1 Å². The number of hydrogen-bond acceptors (Lipinski definition) is 4. The molecule has 1 amide bonds. The van der Waals surface area contributed by atoms with Crippen molar-refractivity contribution in [2.45, 2.75) is 19.3 Å². The molecule has 1 aliphatic rings. The fourth-order valence-electron chi connectivity index (χ4n) is 3.23. The maximum atomic E-state index is 12.6. The smallest absolute Gasteiger partial charge is 0.230 e. The molecule has 4 rings (SSSR count). The SMILES string of the molecule is O=C(Cc1cccc(Br)c1)Nc1nc2ccccc2nc1N1CCCC1. The van der Waals surface area contributed by atoms with Crippen LogP contribution in [0.15, 0.2) is 53.0 Å². The second kappa shape index (κ2) is 7.41. The molecule has 2 heterocycles. The summed E-state index contributed by atoms with van der Waals surface area (Å²) in [5, 5.41) is 2.98. The van der Waals surface area contributed by atoms with E-state index in [-0.39, 0.29) is 5.91 Å². The monoisotopic (exact) mass is 410 g/mol. The number of halogens is 1. The highest BCUT2D eigenvalue weighted by molar-refractivity contribution is 9.10. The lowest BCUT2D eigenvalue weighted by Crippen LogP contribution is -2.24. The zero-order valence-corrected chi connectivity index (χ0v) is 15.9. The lowest BCUT2D eigenvalue weighted by Gasteiger charge is -2.20. The van der Waals surface area contributed by atoms with E-state index >= 15 is 0 Å². The normalized spacial score (nSPS) is 14.0. The Morgan fingerprint density at radius 1 is 1.04 bits per heavy atom. The van der Waals surface area contributed by atoms with Crippen molar-refractivity contribution in [1.29, 1.82) is 0 Å². The molecule has 0 aliphatic carbocycles. The first-order chi connectivity index (χ1) is 12.7. The molecule has 0 spiro atoms. The van der Waals surface area contributed by atoms with Gasteiger partial charge in [-0.3, -0.25) is 4.79 Å². The Hall–Kier alpha value is -2.47. The van der Waals surface area contributed by atoms with Crippen LogP contribution in [0.1, 0.15) is 18.4 Å². The van der Waals surface area contributed by atoms with Crippen LogP contribution in [0.25, 0.3) is 11.0 Å². The van der Waals surface area contributed by atoms with E-state index < -0.39 is 0 Å². The second-order valence-electron chi connectivity index (χ2n) is 6.43. The van der Waals surface area contributed by atoms with Crippen LogP contribution in [0.4, 0.5) is 11.6 Å². The maximum absolute atomic E-state index is 12.6. The topological polar surface area (TPSA) is 58.1 Å². The predicted molar refractivity (Wildman–Crippen MR) is 107 cm³/mol. The molecule has 1 aliphatic heterocycles. The second-order valence-corrected chi connectivity index (χ2v) is 7.35. The number of benzene rings is 2. The summed E-state index contributed by atoms with van der Waals surface area (Å²) in [5.41, 5.74) is 2.58. The molecule has 0 saturated carbocycles. The van der Waals surface area contributed by atoms with Gasteiger partial charge < -0.3 is 10.2 Å². The highest BCUT2D eigenvalue weighted by atomic mass is 79.9. The summed E-state index contributed by atoms with van der Waals surface area (Å²) in [7, 11) is 0. The molecule has 0 unspecified atom stereocenters. The molecular formula is C20H19BrN4O. The van der Waals surface area contributed by atoms with Gasteiger partial charge >= 0.3 is 0 Å². The van der Waals surface area contributed by atoms with E-state index in [1.807, 2.05) is 48.5 Å². The molecule has 1 N–H and O–H groups in total. The quantitative estimate of drug-likeness (QED) is 0.700. The summed E-state index contributed by atoms with van der Waals surface area (Å²) >= 11 is 3.44. The van der Waals surface area contributed by atoms with Gasteiger partial charge in [0.15, 0.2) is 11.6 Å². The Kier molecular flexibility index (Phi) is 4.84. The first-order valence-electron chi connectivity index (χ1n) is 8.75. The number of anilines is 2. The van der Waals surface area contributed by atoms with E-state index in [1.54, 1.807) is 0 Å². The number of carbonyl (C=O) groups excluding carboxylic acids is 1. The molecule has 2 aromatic carbocycles. The predicted octanol–water partition coefficient (Wildman–Crippen LogP) is 4.17. The third-order valence-electron chi connectivity index (χ3n) is 4.47. The molecule has 1 aromatic heterocycles. The van der Waals surface area contributed by atoms with Crippen LogP contribution < -0.4 is 10.2 Å². The third kappa shape index (κ3) is 3.70. The van der Waals surface area contributed by atoms with Gasteiger partial charge in [0.25, 0.3) is 0 Å². The minimum absolute atomic E-state index is 0.0897. The fourth-order valence-corrected chi connectivity index (χ4v) is 3.68. The fraction of sp³-hybridized carbons (Fsp3) is 0.250. The molecule has 1 saturated heterocycles. The highest BCUT2D eigenvalue weighted by Crippen LogP contribution is 2.28. The van der Waals surface area contributed by atoms with Gasteiger partial charge in [0.2, 0.25) is 5.91 Å². The number of fused-ring (bicyclic) bond motifs is 1. The highest BCUT2D eigenvalue weighted by Gasteiger charge is 2.20. The van der Waals surface area contributed by atoms with E-state index in [0.29, 0.717) is 12.2 Å². The first kappa shape index (κ1) is 17.0. The molecule has 0 radical (unpaired) electrons. The average molecular weight is 411 g/mol. The summed E-state index contributed by atoms with van der Waals surface area (Å²) in [6, 6.07) is 15.5. The third-order valence-corrected chi connectivity index (χ3v) is 4.96. The molecule has 0 atom stereocenters. The summed E-state index contributed by atoms with van der Waals surface area (Å²) < 4.78 is 0.964. The number of hydrogen-bond donors (Lipinski definition) is 1. The molecule has 26 heavy (non-hydrogen) atoms.